The third-order valence-electron chi connectivity index (χ3n) is 6.17. The third kappa shape index (κ3) is 5.55. The van der Waals surface area contributed by atoms with E-state index < -0.39 is 0 Å². The van der Waals surface area contributed by atoms with Crippen molar-refractivity contribution in [2.75, 3.05) is 44.0 Å². The zero-order valence-electron chi connectivity index (χ0n) is 21.3. The molecule has 37 heavy (non-hydrogen) atoms. The summed E-state index contributed by atoms with van der Waals surface area (Å²) in [5.74, 6) is -0.399. The number of carbonyl (C=O) groups is 2. The summed E-state index contributed by atoms with van der Waals surface area (Å²) >= 11 is 1.47. The molecule has 12 heteroatoms. The van der Waals surface area contributed by atoms with Crippen molar-refractivity contribution in [2.45, 2.75) is 27.3 Å². The topological polar surface area (TPSA) is 119 Å². The van der Waals surface area contributed by atoms with Gasteiger partial charge < -0.3 is 15.4 Å². The van der Waals surface area contributed by atoms with Gasteiger partial charge in [-0.15, -0.1) is 11.3 Å². The van der Waals surface area contributed by atoms with Crippen molar-refractivity contribution >= 4 is 39.4 Å². The molecule has 0 aromatic carbocycles. The zero-order valence-corrected chi connectivity index (χ0v) is 22.1. The predicted octanol–water partition coefficient (Wildman–Crippen LogP) is 3.14. The summed E-state index contributed by atoms with van der Waals surface area (Å²) in [4.78, 5) is 33.8. The fourth-order valence-corrected chi connectivity index (χ4v) is 5.50. The van der Waals surface area contributed by atoms with E-state index in [1.807, 2.05) is 17.1 Å². The number of methoxy groups -OCH3 is 1. The average Bonchev–Trinajstić information content (AvgIpc) is 3.54. The first-order valence-electron chi connectivity index (χ1n) is 12.0. The van der Waals surface area contributed by atoms with Gasteiger partial charge >= 0.3 is 0 Å². The van der Waals surface area contributed by atoms with E-state index >= 15 is 0 Å². The van der Waals surface area contributed by atoms with Gasteiger partial charge in [0.1, 0.15) is 4.83 Å². The smallest absolute Gasteiger partial charge is 0.260 e. The first-order valence-corrected chi connectivity index (χ1v) is 12.8. The molecule has 0 atom stereocenters. The Morgan fingerprint density at radius 1 is 1.14 bits per heavy atom. The van der Waals surface area contributed by atoms with Crippen LogP contribution in [0.2, 0.25) is 0 Å². The number of hydrogen-bond acceptors (Lipinski definition) is 8. The first-order chi connectivity index (χ1) is 17.7. The lowest BCUT2D eigenvalue weighted by Crippen LogP contribution is -2.54. The van der Waals surface area contributed by atoms with Gasteiger partial charge in [0.15, 0.2) is 0 Å². The van der Waals surface area contributed by atoms with Crippen LogP contribution in [0.25, 0.3) is 15.3 Å². The number of rotatable bonds is 9. The second-order valence-corrected chi connectivity index (χ2v) is 11.1. The van der Waals surface area contributed by atoms with E-state index in [1.165, 1.54) is 11.3 Å². The molecule has 1 saturated heterocycles. The minimum absolute atomic E-state index is 0.103. The molecule has 0 bridgehead atoms. The summed E-state index contributed by atoms with van der Waals surface area (Å²) in [5, 5.41) is 14.5. The highest BCUT2D eigenvalue weighted by Crippen LogP contribution is 2.31. The summed E-state index contributed by atoms with van der Waals surface area (Å²) in [6.07, 6.45) is 8.77. The molecular weight excluding hydrogens is 492 g/mol. The number of carbonyl (C=O) groups excluding carboxylic acids is 2. The molecule has 5 heterocycles. The van der Waals surface area contributed by atoms with Crippen molar-refractivity contribution in [3.8, 4) is 10.4 Å². The molecule has 11 nitrogen and oxygen atoms in total. The van der Waals surface area contributed by atoms with Crippen molar-refractivity contribution in [1.29, 1.82) is 0 Å². The number of fused-ring (bicyclic) bond motifs is 1. The number of pyridine rings is 1. The lowest BCUT2D eigenvalue weighted by Gasteiger charge is -2.45. The number of ether oxygens (including phenoxy) is 1. The molecule has 2 amide bonds. The van der Waals surface area contributed by atoms with Crippen molar-refractivity contribution < 1.29 is 14.3 Å². The van der Waals surface area contributed by atoms with E-state index in [9.17, 15) is 9.59 Å². The lowest BCUT2D eigenvalue weighted by molar-refractivity contribution is -0.120. The molecule has 2 N–H and O–H groups in total. The number of aryl methyl sites for hydroxylation is 1. The van der Waals surface area contributed by atoms with Crippen LogP contribution in [0.15, 0.2) is 37.1 Å². The van der Waals surface area contributed by atoms with Crippen molar-refractivity contribution in [2.24, 2.45) is 5.41 Å². The number of likely N-dealkylation sites (tertiary alicyclic amines) is 1. The van der Waals surface area contributed by atoms with Crippen LogP contribution in [0.5, 0.6) is 0 Å². The second-order valence-electron chi connectivity index (χ2n) is 10.1. The number of nitrogens with one attached hydrogen (secondary N) is 2. The molecular formula is C25H30N8O3S. The van der Waals surface area contributed by atoms with Crippen LogP contribution in [-0.4, -0.2) is 74.4 Å². The van der Waals surface area contributed by atoms with E-state index in [-0.39, 0.29) is 17.2 Å². The molecule has 0 radical (unpaired) electrons. The molecule has 1 aliphatic heterocycles. The SMILES string of the molecule is COCCn1cc(-c2cn3ncc(C(=O)Nc4cc(NC(=O)CN5CC(C)(C)C5)cnc4C)c3s2)cn1. The van der Waals surface area contributed by atoms with Gasteiger partial charge in [0, 0.05) is 38.2 Å². The third-order valence-corrected chi connectivity index (χ3v) is 7.33. The number of nitrogens with zero attached hydrogens (tertiary/aromatic N) is 6. The van der Waals surface area contributed by atoms with Gasteiger partial charge in [-0.25, -0.2) is 4.52 Å². The van der Waals surface area contributed by atoms with Crippen LogP contribution >= 0.6 is 11.3 Å². The highest BCUT2D eigenvalue weighted by Gasteiger charge is 2.34. The summed E-state index contributed by atoms with van der Waals surface area (Å²) in [6.45, 7) is 9.54. The summed E-state index contributed by atoms with van der Waals surface area (Å²) in [7, 11) is 1.66. The molecule has 0 aliphatic carbocycles. The Labute approximate surface area is 218 Å². The van der Waals surface area contributed by atoms with Crippen molar-refractivity contribution in [3.05, 3.63) is 48.3 Å². The molecule has 194 valence electrons. The maximum Gasteiger partial charge on any atom is 0.260 e. The number of thiazole rings is 1. The quantitative estimate of drug-likeness (QED) is 0.347. The van der Waals surface area contributed by atoms with Crippen molar-refractivity contribution in [1.82, 2.24) is 29.3 Å². The monoisotopic (exact) mass is 522 g/mol. The molecule has 4 aromatic rings. The standard InChI is InChI=1S/C25H30N8O3S/c1-16-20(7-18(9-26-16)29-22(34)13-31-14-25(2,3)15-31)30-23(35)19-10-28-33-12-21(37-24(19)33)17-8-27-32(11-17)5-6-36-4/h7-12H,5-6,13-15H2,1-4H3,(H,29,34)(H,30,35). The van der Waals surface area contributed by atoms with Crippen LogP contribution in [0.3, 0.4) is 0 Å². The fourth-order valence-electron chi connectivity index (χ4n) is 4.47. The molecule has 4 aromatic heterocycles. The Kier molecular flexibility index (Phi) is 6.80. The van der Waals surface area contributed by atoms with Gasteiger partial charge in [-0.1, -0.05) is 13.8 Å². The minimum atomic E-state index is -0.296. The highest BCUT2D eigenvalue weighted by molar-refractivity contribution is 7.21. The fraction of sp³-hybridized carbons (Fsp3) is 0.400. The lowest BCUT2D eigenvalue weighted by atomic mass is 9.84. The zero-order chi connectivity index (χ0) is 26.2. The van der Waals surface area contributed by atoms with Crippen LogP contribution in [0.4, 0.5) is 11.4 Å². The number of amides is 2. The van der Waals surface area contributed by atoms with Gasteiger partial charge in [0.25, 0.3) is 5.91 Å². The van der Waals surface area contributed by atoms with E-state index in [1.54, 1.807) is 43.2 Å². The Hall–Kier alpha value is -3.61. The van der Waals surface area contributed by atoms with Crippen molar-refractivity contribution in [3.63, 3.8) is 0 Å². The minimum Gasteiger partial charge on any atom is -0.383 e. The molecule has 0 unspecified atom stereocenters. The Bertz CT molecular complexity index is 1450. The van der Waals surface area contributed by atoms with Gasteiger partial charge in [-0.2, -0.15) is 10.2 Å². The van der Waals surface area contributed by atoms with Gasteiger partial charge in [0.2, 0.25) is 5.91 Å². The predicted molar refractivity (Wildman–Crippen MR) is 142 cm³/mol. The highest BCUT2D eigenvalue weighted by atomic mass is 32.1. The van der Waals surface area contributed by atoms with Gasteiger partial charge in [-0.3, -0.25) is 24.2 Å². The Morgan fingerprint density at radius 3 is 2.70 bits per heavy atom. The van der Waals surface area contributed by atoms with Crippen LogP contribution in [-0.2, 0) is 16.1 Å². The molecule has 0 saturated carbocycles. The van der Waals surface area contributed by atoms with E-state index in [0.717, 1.165) is 28.4 Å². The molecule has 0 spiro atoms. The Morgan fingerprint density at radius 2 is 1.95 bits per heavy atom. The molecule has 1 aliphatic rings. The maximum absolute atomic E-state index is 13.2. The molecule has 5 rings (SSSR count). The molecule has 1 fully saturated rings. The van der Waals surface area contributed by atoms with Gasteiger partial charge in [0.05, 0.1) is 65.8 Å². The van der Waals surface area contributed by atoms with E-state index in [2.05, 4.69) is 44.6 Å². The normalized spacial score (nSPS) is 15.0. The van der Waals surface area contributed by atoms with Crippen LogP contribution in [0, 0.1) is 12.3 Å². The first kappa shape index (κ1) is 25.1. The Balaban J connectivity index is 1.27. The summed E-state index contributed by atoms with van der Waals surface area (Å²) in [6, 6.07) is 1.73. The van der Waals surface area contributed by atoms with Crippen LogP contribution < -0.4 is 10.6 Å². The van der Waals surface area contributed by atoms with Gasteiger partial charge in [-0.05, 0) is 18.4 Å². The maximum atomic E-state index is 13.2. The average molecular weight is 523 g/mol. The van der Waals surface area contributed by atoms with Crippen LogP contribution in [0.1, 0.15) is 29.9 Å². The summed E-state index contributed by atoms with van der Waals surface area (Å²) < 4.78 is 8.62. The van der Waals surface area contributed by atoms with E-state index in [4.69, 9.17) is 4.74 Å². The summed E-state index contributed by atoms with van der Waals surface area (Å²) in [5.41, 5.74) is 3.38. The second kappa shape index (κ2) is 10.0. The number of hydrogen-bond donors (Lipinski definition) is 2. The number of anilines is 2. The number of aromatic nitrogens is 5. The van der Waals surface area contributed by atoms with E-state index in [0.29, 0.717) is 42.3 Å². The largest absolute Gasteiger partial charge is 0.383 e.